The number of ether oxygens (including phenoxy) is 1. The molecule has 0 spiro atoms. The lowest BCUT2D eigenvalue weighted by molar-refractivity contribution is 0.0908. The first-order valence-electron chi connectivity index (χ1n) is 12.6. The zero-order chi connectivity index (χ0) is 26.1. The molecule has 190 valence electrons. The number of fused-ring (bicyclic) bond motifs is 1. The maximum absolute atomic E-state index is 15.0. The van der Waals surface area contributed by atoms with E-state index in [1.807, 2.05) is 37.3 Å². The normalized spacial score (nSPS) is 16.7. The van der Waals surface area contributed by atoms with Crippen molar-refractivity contribution in [2.24, 2.45) is 0 Å². The Balaban J connectivity index is 1.25. The molecule has 2 aromatic carbocycles. The molecule has 9 heteroatoms. The molecule has 5 aromatic rings. The van der Waals surface area contributed by atoms with Crippen LogP contribution in [-0.2, 0) is 0 Å². The van der Waals surface area contributed by atoms with Gasteiger partial charge in [0.25, 0.3) is 5.91 Å². The average Bonchev–Trinajstić information content (AvgIpc) is 3.35. The summed E-state index contributed by atoms with van der Waals surface area (Å²) in [4.78, 5) is 21.9. The molecule has 0 aliphatic heterocycles. The molecule has 38 heavy (non-hydrogen) atoms. The van der Waals surface area contributed by atoms with Crippen molar-refractivity contribution < 1.29 is 13.9 Å². The Morgan fingerprint density at radius 1 is 1.03 bits per heavy atom. The number of carbonyl (C=O) groups excluding carboxylic acids is 1. The smallest absolute Gasteiger partial charge is 0.253 e. The van der Waals surface area contributed by atoms with Gasteiger partial charge in [-0.1, -0.05) is 30.3 Å². The van der Waals surface area contributed by atoms with Crippen molar-refractivity contribution in [2.45, 2.75) is 31.7 Å². The van der Waals surface area contributed by atoms with Crippen molar-refractivity contribution >= 4 is 16.8 Å². The van der Waals surface area contributed by atoms with Crippen LogP contribution in [0.4, 0.5) is 4.39 Å². The van der Waals surface area contributed by atoms with E-state index in [1.54, 1.807) is 47.3 Å². The van der Waals surface area contributed by atoms with E-state index in [-0.39, 0.29) is 23.7 Å². The van der Waals surface area contributed by atoms with Crippen LogP contribution < -0.4 is 10.1 Å². The molecule has 3 heterocycles. The van der Waals surface area contributed by atoms with Crippen LogP contribution in [0.15, 0.2) is 79.1 Å². The van der Waals surface area contributed by atoms with Gasteiger partial charge >= 0.3 is 0 Å². The minimum Gasteiger partial charge on any atom is -0.492 e. The fourth-order valence-electron chi connectivity index (χ4n) is 4.86. The molecule has 1 aliphatic carbocycles. The molecule has 0 saturated heterocycles. The zero-order valence-corrected chi connectivity index (χ0v) is 20.7. The Morgan fingerprint density at radius 3 is 2.66 bits per heavy atom. The number of para-hydroxylation sites is 2. The third kappa shape index (κ3) is 4.36. The van der Waals surface area contributed by atoms with Crippen LogP contribution in [0, 0.1) is 5.82 Å². The molecule has 0 unspecified atom stereocenters. The average molecular weight is 509 g/mol. The van der Waals surface area contributed by atoms with E-state index in [1.165, 1.54) is 6.07 Å². The number of pyridine rings is 2. The van der Waals surface area contributed by atoms with Gasteiger partial charge in [0.1, 0.15) is 23.1 Å². The minimum atomic E-state index is -0.381. The number of rotatable bonds is 7. The van der Waals surface area contributed by atoms with Crippen molar-refractivity contribution in [3.05, 3.63) is 96.3 Å². The molecule has 6 rings (SSSR count). The van der Waals surface area contributed by atoms with Gasteiger partial charge in [-0.05, 0) is 56.2 Å². The topological polar surface area (TPSA) is 94.8 Å². The standard InChI is InChI=1S/C29H25FN6O2/c1-2-38-21-12-13-24(32-17-21)28-35-34-27(36(28)25-11-4-3-10-23(25)30)19-15-20(16-19)33-29(37)22-9-5-7-18-8-6-14-31-26(18)22/h3-14,17,19-20H,2,15-16H2,1H3,(H,33,37)/t19-,20-. The molecular formula is C29H25FN6O2. The zero-order valence-electron chi connectivity index (χ0n) is 20.7. The van der Waals surface area contributed by atoms with Gasteiger partial charge < -0.3 is 10.1 Å². The predicted molar refractivity (Wildman–Crippen MR) is 141 cm³/mol. The third-order valence-corrected chi connectivity index (χ3v) is 6.77. The van der Waals surface area contributed by atoms with Gasteiger partial charge in [0.2, 0.25) is 0 Å². The molecule has 1 amide bonds. The maximum atomic E-state index is 15.0. The number of benzene rings is 2. The number of halogens is 1. The molecular weight excluding hydrogens is 483 g/mol. The second kappa shape index (κ2) is 10.0. The molecule has 1 saturated carbocycles. The highest BCUT2D eigenvalue weighted by Gasteiger charge is 2.36. The van der Waals surface area contributed by atoms with E-state index in [9.17, 15) is 9.18 Å². The summed E-state index contributed by atoms with van der Waals surface area (Å²) in [6.45, 7) is 2.44. The maximum Gasteiger partial charge on any atom is 0.253 e. The lowest BCUT2D eigenvalue weighted by Crippen LogP contribution is -2.44. The van der Waals surface area contributed by atoms with E-state index < -0.39 is 0 Å². The van der Waals surface area contributed by atoms with Crippen LogP contribution in [0.1, 0.15) is 41.9 Å². The van der Waals surface area contributed by atoms with E-state index >= 15 is 0 Å². The lowest BCUT2D eigenvalue weighted by Gasteiger charge is -2.35. The Kier molecular flexibility index (Phi) is 6.25. The first-order valence-corrected chi connectivity index (χ1v) is 12.6. The van der Waals surface area contributed by atoms with E-state index in [2.05, 4.69) is 25.5 Å². The van der Waals surface area contributed by atoms with Crippen molar-refractivity contribution in [1.82, 2.24) is 30.0 Å². The highest BCUT2D eigenvalue weighted by molar-refractivity contribution is 6.05. The van der Waals surface area contributed by atoms with Crippen molar-refractivity contribution in [1.29, 1.82) is 0 Å². The third-order valence-electron chi connectivity index (χ3n) is 6.77. The number of hydrogen-bond donors (Lipinski definition) is 1. The Labute approximate surface area is 218 Å². The van der Waals surface area contributed by atoms with Crippen LogP contribution in [-0.4, -0.2) is 43.3 Å². The van der Waals surface area contributed by atoms with Crippen LogP contribution in [0.25, 0.3) is 28.1 Å². The van der Waals surface area contributed by atoms with Crippen molar-refractivity contribution in [3.8, 4) is 23.0 Å². The van der Waals surface area contributed by atoms with Gasteiger partial charge in [-0.25, -0.2) is 9.37 Å². The highest BCUT2D eigenvalue weighted by atomic mass is 19.1. The molecule has 1 aliphatic rings. The molecule has 8 nitrogen and oxygen atoms in total. The van der Waals surface area contributed by atoms with Crippen molar-refractivity contribution in [3.63, 3.8) is 0 Å². The van der Waals surface area contributed by atoms with Gasteiger partial charge in [0.05, 0.1) is 29.6 Å². The predicted octanol–water partition coefficient (Wildman–Crippen LogP) is 5.09. The Hall–Kier alpha value is -4.66. The van der Waals surface area contributed by atoms with Crippen LogP contribution in [0.3, 0.4) is 0 Å². The summed E-state index contributed by atoms with van der Waals surface area (Å²) in [6.07, 6.45) is 4.63. The summed E-state index contributed by atoms with van der Waals surface area (Å²) in [5.74, 6) is 1.18. The van der Waals surface area contributed by atoms with E-state index in [0.29, 0.717) is 59.3 Å². The Bertz CT molecular complexity index is 1610. The number of hydrogen-bond acceptors (Lipinski definition) is 6. The summed E-state index contributed by atoms with van der Waals surface area (Å²) in [5.41, 5.74) is 2.13. The number of carbonyl (C=O) groups is 1. The van der Waals surface area contributed by atoms with Gasteiger partial charge in [-0.15, -0.1) is 10.2 Å². The summed E-state index contributed by atoms with van der Waals surface area (Å²) < 4.78 is 22.2. The molecule has 1 fully saturated rings. The lowest BCUT2D eigenvalue weighted by atomic mass is 9.79. The number of nitrogens with zero attached hydrogens (tertiary/aromatic N) is 5. The first kappa shape index (κ1) is 23.7. The molecule has 0 atom stereocenters. The summed E-state index contributed by atoms with van der Waals surface area (Å²) in [6, 6.07) is 19.5. The summed E-state index contributed by atoms with van der Waals surface area (Å²) in [7, 11) is 0. The highest BCUT2D eigenvalue weighted by Crippen LogP contribution is 2.39. The van der Waals surface area contributed by atoms with Gasteiger partial charge in [0.15, 0.2) is 5.82 Å². The Morgan fingerprint density at radius 2 is 1.87 bits per heavy atom. The molecule has 0 bridgehead atoms. The van der Waals surface area contributed by atoms with E-state index in [0.717, 1.165) is 5.39 Å². The second-order valence-corrected chi connectivity index (χ2v) is 9.20. The SMILES string of the molecule is CCOc1ccc(-c2nnc([C@H]3C[C@H](NC(=O)c4cccc5cccnc45)C3)n2-c2ccccc2F)nc1. The van der Waals surface area contributed by atoms with Crippen LogP contribution >= 0.6 is 0 Å². The largest absolute Gasteiger partial charge is 0.492 e. The quantitative estimate of drug-likeness (QED) is 0.329. The van der Waals surface area contributed by atoms with Crippen LogP contribution in [0.2, 0.25) is 0 Å². The molecule has 3 aromatic heterocycles. The monoisotopic (exact) mass is 508 g/mol. The second-order valence-electron chi connectivity index (χ2n) is 9.20. The van der Waals surface area contributed by atoms with Crippen LogP contribution in [0.5, 0.6) is 5.75 Å². The van der Waals surface area contributed by atoms with Gasteiger partial charge in [0, 0.05) is 23.5 Å². The summed E-state index contributed by atoms with van der Waals surface area (Å²) >= 11 is 0. The van der Waals surface area contributed by atoms with E-state index in [4.69, 9.17) is 4.74 Å². The van der Waals surface area contributed by atoms with Gasteiger partial charge in [-0.3, -0.25) is 14.3 Å². The molecule has 1 N–H and O–H groups in total. The fourth-order valence-corrected chi connectivity index (χ4v) is 4.86. The number of aromatic nitrogens is 5. The summed E-state index contributed by atoms with van der Waals surface area (Å²) in [5, 5.41) is 12.9. The number of nitrogens with one attached hydrogen (secondary N) is 1. The van der Waals surface area contributed by atoms with Gasteiger partial charge in [-0.2, -0.15) is 0 Å². The minimum absolute atomic E-state index is 0.00510. The van der Waals surface area contributed by atoms with Crippen molar-refractivity contribution in [2.75, 3.05) is 6.61 Å². The fraction of sp³-hybridized carbons (Fsp3) is 0.207. The first-order chi connectivity index (χ1) is 18.6. The number of amides is 1. The molecule has 0 radical (unpaired) electrons.